The maximum Gasteiger partial charge on any atom is 0.151 e. The Kier molecular flexibility index (Phi) is 7.01. The lowest BCUT2D eigenvalue weighted by molar-refractivity contribution is -0.0541. The van der Waals surface area contributed by atoms with Crippen molar-refractivity contribution < 1.29 is 4.12 Å². The van der Waals surface area contributed by atoms with E-state index in [4.69, 9.17) is 15.6 Å². The molecule has 2 rings (SSSR count). The maximum atomic E-state index is 6.02. The molecule has 0 radical (unpaired) electrons. The van der Waals surface area contributed by atoms with Crippen molar-refractivity contribution in [1.82, 2.24) is 0 Å². The van der Waals surface area contributed by atoms with E-state index in [0.29, 0.717) is 0 Å². The predicted octanol–water partition coefficient (Wildman–Crippen LogP) is 4.64. The van der Waals surface area contributed by atoms with Gasteiger partial charge in [0.15, 0.2) is 9.76 Å². The fourth-order valence-corrected chi connectivity index (χ4v) is 8.65. The standard InChI is InChI=1S/C25H42N2OSi2/c1-22(2,23(3,4)24(5,6)25(7,8)30-28-29)21(17-9-13-19(26)14-10-17)18-11-15-20(27)16-12-18/h9-16,21H,26-27,30H2,1-8,29H3. The van der Waals surface area contributed by atoms with Crippen LogP contribution >= 0.6 is 0 Å². The zero-order valence-electron chi connectivity index (χ0n) is 20.5. The average Bonchev–Trinajstić information content (AvgIpc) is 2.64. The highest BCUT2D eigenvalue weighted by molar-refractivity contribution is 6.38. The Morgan fingerprint density at radius 3 is 1.40 bits per heavy atom. The van der Waals surface area contributed by atoms with Crippen molar-refractivity contribution in [2.75, 3.05) is 11.5 Å². The Labute approximate surface area is 189 Å². The van der Waals surface area contributed by atoms with Crippen molar-refractivity contribution in [3.8, 4) is 0 Å². The maximum absolute atomic E-state index is 6.02. The van der Waals surface area contributed by atoms with Gasteiger partial charge in [-0.15, -0.1) is 0 Å². The molecular formula is C25H42N2OSi2. The lowest BCUT2D eigenvalue weighted by Crippen LogP contribution is -2.53. The van der Waals surface area contributed by atoms with E-state index in [1.54, 1.807) is 0 Å². The summed E-state index contributed by atoms with van der Waals surface area (Å²) in [5, 5.41) is 0.169. The predicted molar refractivity (Wildman–Crippen MR) is 139 cm³/mol. The smallest absolute Gasteiger partial charge is 0.151 e. The molecule has 0 saturated heterocycles. The lowest BCUT2D eigenvalue weighted by Gasteiger charge is -2.60. The number of rotatable bonds is 8. The number of hydrogen-bond donors (Lipinski definition) is 2. The largest absolute Gasteiger partial charge is 0.468 e. The first-order valence-electron chi connectivity index (χ1n) is 10.9. The van der Waals surface area contributed by atoms with Gasteiger partial charge in [0, 0.05) is 17.3 Å². The summed E-state index contributed by atoms with van der Waals surface area (Å²) in [5.41, 5.74) is 16.2. The van der Waals surface area contributed by atoms with Gasteiger partial charge in [-0.3, -0.25) is 0 Å². The fourth-order valence-electron chi connectivity index (χ4n) is 4.96. The van der Waals surface area contributed by atoms with Gasteiger partial charge >= 0.3 is 0 Å². The van der Waals surface area contributed by atoms with E-state index in [2.05, 4.69) is 79.7 Å². The van der Waals surface area contributed by atoms with Crippen LogP contribution in [0.15, 0.2) is 48.5 Å². The number of nitrogens with two attached hydrogens (primary N) is 2. The Hall–Kier alpha value is -1.57. The molecule has 0 aromatic heterocycles. The molecule has 4 N–H and O–H groups in total. The molecule has 0 amide bonds. The first kappa shape index (κ1) is 24.7. The Balaban J connectivity index is 2.68. The van der Waals surface area contributed by atoms with Gasteiger partial charge in [-0.25, -0.2) is 0 Å². The minimum Gasteiger partial charge on any atom is -0.468 e. The number of benzene rings is 2. The van der Waals surface area contributed by atoms with E-state index in [0.717, 1.165) is 21.9 Å². The molecule has 0 fully saturated rings. The second-order valence-electron chi connectivity index (χ2n) is 11.1. The summed E-state index contributed by atoms with van der Waals surface area (Å²) in [7, 11) is 0.198. The van der Waals surface area contributed by atoms with Crippen molar-refractivity contribution in [2.45, 2.75) is 66.3 Å². The van der Waals surface area contributed by atoms with Crippen molar-refractivity contribution >= 4 is 31.6 Å². The molecule has 0 aliphatic carbocycles. The molecule has 0 unspecified atom stereocenters. The van der Waals surface area contributed by atoms with E-state index in [1.807, 2.05) is 24.3 Å². The Morgan fingerprint density at radius 1 is 0.700 bits per heavy atom. The van der Waals surface area contributed by atoms with Crippen LogP contribution in [0.2, 0.25) is 5.04 Å². The van der Waals surface area contributed by atoms with Crippen molar-refractivity contribution in [2.24, 2.45) is 16.2 Å². The third-order valence-electron chi connectivity index (χ3n) is 8.63. The van der Waals surface area contributed by atoms with E-state index in [1.165, 1.54) is 11.1 Å². The summed E-state index contributed by atoms with van der Waals surface area (Å²) >= 11 is 0. The molecule has 5 heteroatoms. The summed E-state index contributed by atoms with van der Waals surface area (Å²) < 4.78 is 5.91. The summed E-state index contributed by atoms with van der Waals surface area (Å²) in [4.78, 5) is 0. The summed E-state index contributed by atoms with van der Waals surface area (Å²) in [6, 6.07) is 16.8. The monoisotopic (exact) mass is 442 g/mol. The molecule has 0 aliphatic heterocycles. The van der Waals surface area contributed by atoms with Gasteiger partial charge in [0.1, 0.15) is 10.5 Å². The van der Waals surface area contributed by atoms with Crippen LogP contribution in [0.3, 0.4) is 0 Å². The van der Waals surface area contributed by atoms with Gasteiger partial charge in [0.25, 0.3) is 0 Å². The minimum atomic E-state index is -0.625. The van der Waals surface area contributed by atoms with Crippen LogP contribution in [0.4, 0.5) is 11.4 Å². The quantitative estimate of drug-likeness (QED) is 0.462. The number of anilines is 2. The first-order valence-corrected chi connectivity index (χ1v) is 13.0. The Bertz CT molecular complexity index is 795. The zero-order valence-corrected chi connectivity index (χ0v) is 23.9. The molecule has 30 heavy (non-hydrogen) atoms. The average molecular weight is 443 g/mol. The molecule has 0 saturated carbocycles. The van der Waals surface area contributed by atoms with Gasteiger partial charge < -0.3 is 15.6 Å². The van der Waals surface area contributed by atoms with Gasteiger partial charge in [0.05, 0.1) is 0 Å². The highest BCUT2D eigenvalue weighted by Crippen LogP contribution is 2.65. The topological polar surface area (TPSA) is 61.3 Å². The van der Waals surface area contributed by atoms with Gasteiger partial charge in [0.2, 0.25) is 0 Å². The van der Waals surface area contributed by atoms with Crippen molar-refractivity contribution in [1.29, 1.82) is 0 Å². The summed E-state index contributed by atoms with van der Waals surface area (Å²) in [6.45, 7) is 19.4. The van der Waals surface area contributed by atoms with Gasteiger partial charge in [-0.2, -0.15) is 0 Å². The van der Waals surface area contributed by atoms with Gasteiger partial charge in [-0.05, 0) is 56.7 Å². The molecule has 2 aromatic carbocycles. The normalized spacial score (nSPS) is 14.2. The van der Waals surface area contributed by atoms with Gasteiger partial charge in [-0.1, -0.05) is 79.7 Å². The third-order valence-corrected chi connectivity index (χ3v) is 11.4. The van der Waals surface area contributed by atoms with E-state index >= 15 is 0 Å². The molecule has 0 atom stereocenters. The second kappa shape index (κ2) is 8.52. The molecule has 0 heterocycles. The third kappa shape index (κ3) is 4.25. The molecular weight excluding hydrogens is 400 g/mol. The zero-order chi connectivity index (χ0) is 23.0. The molecule has 0 bridgehead atoms. The summed E-state index contributed by atoms with van der Waals surface area (Å²) in [6.07, 6.45) is 0. The number of hydrogen-bond acceptors (Lipinski definition) is 3. The van der Waals surface area contributed by atoms with E-state index in [9.17, 15) is 0 Å². The van der Waals surface area contributed by atoms with E-state index in [-0.39, 0.29) is 27.2 Å². The molecule has 0 spiro atoms. The molecule has 166 valence electrons. The van der Waals surface area contributed by atoms with Crippen LogP contribution in [0.1, 0.15) is 72.4 Å². The minimum absolute atomic E-state index is 0.00399. The highest BCUT2D eigenvalue weighted by atomic mass is 28.3. The van der Waals surface area contributed by atoms with Crippen LogP contribution in [0.25, 0.3) is 0 Å². The lowest BCUT2D eigenvalue weighted by atomic mass is 9.47. The number of nitrogen functional groups attached to an aromatic ring is 2. The SMILES string of the molecule is CC(C)([SiH2]O[SiH3])C(C)(C)C(C)(C)C(C)(C)C(c1ccc(N)cc1)c1ccc(N)cc1. The fraction of sp³-hybridized carbons (Fsp3) is 0.520. The molecule has 2 aromatic rings. The van der Waals surface area contributed by atoms with Crippen molar-refractivity contribution in [3.05, 3.63) is 59.7 Å². The van der Waals surface area contributed by atoms with Crippen LogP contribution in [0.5, 0.6) is 0 Å². The molecule has 0 aliphatic rings. The van der Waals surface area contributed by atoms with E-state index < -0.39 is 9.76 Å². The van der Waals surface area contributed by atoms with Crippen LogP contribution in [0, 0.1) is 16.2 Å². The molecule has 3 nitrogen and oxygen atoms in total. The highest BCUT2D eigenvalue weighted by Gasteiger charge is 2.57. The Morgan fingerprint density at radius 2 is 1.07 bits per heavy atom. The first-order chi connectivity index (χ1) is 13.7. The van der Waals surface area contributed by atoms with Crippen LogP contribution in [-0.4, -0.2) is 20.2 Å². The summed E-state index contributed by atoms with van der Waals surface area (Å²) in [5.74, 6) is 0.211. The van der Waals surface area contributed by atoms with Crippen molar-refractivity contribution in [3.63, 3.8) is 0 Å². The van der Waals surface area contributed by atoms with Crippen LogP contribution in [-0.2, 0) is 4.12 Å². The van der Waals surface area contributed by atoms with Crippen LogP contribution < -0.4 is 11.5 Å². The second-order valence-corrected chi connectivity index (χ2v) is 15.4.